The summed E-state index contributed by atoms with van der Waals surface area (Å²) in [6.45, 7) is -0.943. The lowest BCUT2D eigenvalue weighted by Gasteiger charge is -2.34. The Balaban J connectivity index is 1.36. The summed E-state index contributed by atoms with van der Waals surface area (Å²) in [6.07, 6.45) is 0. The number of nitrogens with zero attached hydrogens (tertiary/aromatic N) is 4. The molecule has 0 spiro atoms. The fourth-order valence-corrected chi connectivity index (χ4v) is 4.85. The van der Waals surface area contributed by atoms with Gasteiger partial charge < -0.3 is 9.80 Å². The Bertz CT molecular complexity index is 1010. The zero-order chi connectivity index (χ0) is 20.4. The van der Waals surface area contributed by atoms with E-state index in [2.05, 4.69) is 4.98 Å². The molecule has 6 nitrogen and oxygen atoms in total. The van der Waals surface area contributed by atoms with Crippen LogP contribution in [0.5, 0.6) is 0 Å². The molecule has 2 aromatic heterocycles. The fraction of sp³-hybridized carbons (Fsp3) is 0.316. The summed E-state index contributed by atoms with van der Waals surface area (Å²) < 4.78 is 27.8. The number of halogens is 2. The predicted octanol–water partition coefficient (Wildman–Crippen LogP) is 3.57. The number of amides is 2. The number of carbonyl (C=O) groups excluding carboxylic acids is 2. The van der Waals surface area contributed by atoms with Crippen molar-refractivity contribution in [2.75, 3.05) is 31.9 Å². The molecule has 152 valence electrons. The minimum atomic E-state index is -2.73. The van der Waals surface area contributed by atoms with Crippen molar-refractivity contribution < 1.29 is 18.4 Å². The molecule has 0 radical (unpaired) electrons. The van der Waals surface area contributed by atoms with Crippen molar-refractivity contribution in [1.29, 1.82) is 0 Å². The van der Waals surface area contributed by atoms with Crippen LogP contribution < -0.4 is 0 Å². The van der Waals surface area contributed by atoms with Crippen LogP contribution in [0.1, 0.15) is 16.2 Å². The van der Waals surface area contributed by atoms with E-state index >= 15 is 0 Å². The Morgan fingerprint density at radius 3 is 2.48 bits per heavy atom. The number of alkyl halides is 2. The predicted molar refractivity (Wildman–Crippen MR) is 109 cm³/mol. The molecule has 1 saturated heterocycles. The molecule has 0 unspecified atom stereocenters. The van der Waals surface area contributed by atoms with E-state index in [0.29, 0.717) is 42.1 Å². The van der Waals surface area contributed by atoms with E-state index in [0.717, 1.165) is 16.3 Å². The highest BCUT2D eigenvalue weighted by Gasteiger charge is 2.26. The number of aromatic nitrogens is 2. The van der Waals surface area contributed by atoms with E-state index in [1.165, 1.54) is 11.3 Å². The fourth-order valence-electron chi connectivity index (χ4n) is 3.25. The standard InChI is InChI=1S/C19H18F2N4O2S2/c20-18(21)25-14-5-2-1-4-13(14)22-19(25)29-12-16(26)23-7-9-24(10-8-23)17(27)15-6-3-11-28-15/h1-6,11,18H,7-10,12H2. The molecule has 0 aliphatic carbocycles. The van der Waals surface area contributed by atoms with Crippen LogP contribution >= 0.6 is 23.1 Å². The summed E-state index contributed by atoms with van der Waals surface area (Å²) in [5.74, 6) is -0.146. The summed E-state index contributed by atoms with van der Waals surface area (Å²) >= 11 is 2.41. The number of imidazole rings is 1. The summed E-state index contributed by atoms with van der Waals surface area (Å²) in [7, 11) is 0. The molecule has 1 aliphatic rings. The lowest BCUT2D eigenvalue weighted by Crippen LogP contribution is -2.51. The van der Waals surface area contributed by atoms with E-state index in [-0.39, 0.29) is 22.7 Å². The molecular weight excluding hydrogens is 418 g/mol. The van der Waals surface area contributed by atoms with E-state index in [4.69, 9.17) is 0 Å². The van der Waals surface area contributed by atoms with Gasteiger partial charge in [0.05, 0.1) is 21.7 Å². The van der Waals surface area contributed by atoms with E-state index < -0.39 is 6.55 Å². The van der Waals surface area contributed by atoms with Crippen LogP contribution in [0.3, 0.4) is 0 Å². The van der Waals surface area contributed by atoms with Gasteiger partial charge in [0.2, 0.25) is 5.91 Å². The summed E-state index contributed by atoms with van der Waals surface area (Å²) in [5.41, 5.74) is 0.821. The number of piperazine rings is 1. The highest BCUT2D eigenvalue weighted by Crippen LogP contribution is 2.29. The Kier molecular flexibility index (Phi) is 5.81. The van der Waals surface area contributed by atoms with Gasteiger partial charge in [0.15, 0.2) is 5.16 Å². The summed E-state index contributed by atoms with van der Waals surface area (Å²) in [6, 6.07) is 10.3. The number of thioether (sulfide) groups is 1. The van der Waals surface area contributed by atoms with E-state index in [1.807, 2.05) is 11.4 Å². The largest absolute Gasteiger partial charge is 0.338 e. The first-order chi connectivity index (χ1) is 14.0. The molecule has 0 atom stereocenters. The van der Waals surface area contributed by atoms with Gasteiger partial charge in [-0.15, -0.1) is 11.3 Å². The van der Waals surface area contributed by atoms with Gasteiger partial charge in [0, 0.05) is 26.2 Å². The molecule has 29 heavy (non-hydrogen) atoms. The van der Waals surface area contributed by atoms with Crippen LogP contribution in [-0.2, 0) is 4.79 Å². The van der Waals surface area contributed by atoms with Crippen LogP contribution in [0.25, 0.3) is 11.0 Å². The Morgan fingerprint density at radius 2 is 1.79 bits per heavy atom. The number of thiophene rings is 1. The van der Waals surface area contributed by atoms with Crippen LogP contribution in [0.4, 0.5) is 8.78 Å². The Hall–Kier alpha value is -2.46. The van der Waals surface area contributed by atoms with Crippen LogP contribution in [0.15, 0.2) is 46.9 Å². The molecular formula is C19H18F2N4O2S2. The molecule has 3 heterocycles. The van der Waals surface area contributed by atoms with Crippen molar-refractivity contribution in [2.45, 2.75) is 11.7 Å². The maximum Gasteiger partial charge on any atom is 0.321 e. The van der Waals surface area contributed by atoms with Crippen LogP contribution in [-0.4, -0.2) is 63.1 Å². The second-order valence-electron chi connectivity index (χ2n) is 6.47. The van der Waals surface area contributed by atoms with Crippen molar-refractivity contribution in [3.63, 3.8) is 0 Å². The van der Waals surface area contributed by atoms with Gasteiger partial charge in [-0.05, 0) is 23.6 Å². The van der Waals surface area contributed by atoms with Gasteiger partial charge >= 0.3 is 6.55 Å². The van der Waals surface area contributed by atoms with Crippen molar-refractivity contribution in [1.82, 2.24) is 19.4 Å². The maximum absolute atomic E-state index is 13.5. The minimum Gasteiger partial charge on any atom is -0.338 e. The van der Waals surface area contributed by atoms with Gasteiger partial charge in [-0.3, -0.25) is 14.2 Å². The highest BCUT2D eigenvalue weighted by molar-refractivity contribution is 7.99. The SMILES string of the molecule is O=C(CSc1nc2ccccc2n1C(F)F)N1CCN(C(=O)c2cccs2)CC1. The normalized spacial score (nSPS) is 14.7. The number of benzene rings is 1. The Morgan fingerprint density at radius 1 is 1.07 bits per heavy atom. The smallest absolute Gasteiger partial charge is 0.321 e. The molecule has 10 heteroatoms. The quantitative estimate of drug-likeness (QED) is 0.574. The second kappa shape index (κ2) is 8.50. The molecule has 2 amide bonds. The molecule has 0 saturated carbocycles. The molecule has 1 aromatic carbocycles. The zero-order valence-corrected chi connectivity index (χ0v) is 17.0. The number of carbonyl (C=O) groups is 2. The van der Waals surface area contributed by atoms with Gasteiger partial charge in [-0.25, -0.2) is 4.98 Å². The lowest BCUT2D eigenvalue weighted by atomic mass is 10.3. The lowest BCUT2D eigenvalue weighted by molar-refractivity contribution is -0.129. The van der Waals surface area contributed by atoms with Gasteiger partial charge in [0.25, 0.3) is 5.91 Å². The summed E-state index contributed by atoms with van der Waals surface area (Å²) in [4.78, 5) is 33.3. The van der Waals surface area contributed by atoms with Crippen LogP contribution in [0.2, 0.25) is 0 Å². The average Bonchev–Trinajstić information content (AvgIpc) is 3.39. The first-order valence-corrected chi connectivity index (χ1v) is 10.9. The molecule has 0 N–H and O–H groups in total. The zero-order valence-electron chi connectivity index (χ0n) is 15.3. The van der Waals surface area contributed by atoms with Gasteiger partial charge in [-0.2, -0.15) is 8.78 Å². The molecule has 0 bridgehead atoms. The first-order valence-electron chi connectivity index (χ1n) is 9.03. The highest BCUT2D eigenvalue weighted by atomic mass is 32.2. The van der Waals surface area contributed by atoms with Gasteiger partial charge in [-0.1, -0.05) is 30.0 Å². The molecule has 1 aliphatic heterocycles. The number of para-hydroxylation sites is 2. The third kappa shape index (κ3) is 4.13. The van der Waals surface area contributed by atoms with E-state index in [9.17, 15) is 18.4 Å². The second-order valence-corrected chi connectivity index (χ2v) is 8.36. The molecule has 1 fully saturated rings. The average molecular weight is 437 g/mol. The van der Waals surface area contributed by atoms with Crippen molar-refractivity contribution in [2.24, 2.45) is 0 Å². The third-order valence-corrected chi connectivity index (χ3v) is 6.53. The maximum atomic E-state index is 13.5. The molecule has 4 rings (SSSR count). The number of rotatable bonds is 5. The van der Waals surface area contributed by atoms with Crippen molar-refractivity contribution in [3.8, 4) is 0 Å². The topological polar surface area (TPSA) is 58.4 Å². The third-order valence-electron chi connectivity index (χ3n) is 4.73. The van der Waals surface area contributed by atoms with Gasteiger partial charge in [0.1, 0.15) is 0 Å². The molecule has 3 aromatic rings. The van der Waals surface area contributed by atoms with Crippen molar-refractivity contribution in [3.05, 3.63) is 46.7 Å². The van der Waals surface area contributed by atoms with Crippen LogP contribution in [0, 0.1) is 0 Å². The number of hydrogen-bond donors (Lipinski definition) is 0. The number of hydrogen-bond acceptors (Lipinski definition) is 5. The summed E-state index contributed by atoms with van der Waals surface area (Å²) in [5, 5.41) is 1.98. The first kappa shape index (κ1) is 19.8. The Labute approximate surface area is 174 Å². The van der Waals surface area contributed by atoms with E-state index in [1.54, 1.807) is 40.1 Å². The van der Waals surface area contributed by atoms with Crippen molar-refractivity contribution >= 4 is 45.9 Å². The number of fused-ring (bicyclic) bond motifs is 1. The monoisotopic (exact) mass is 436 g/mol. The minimum absolute atomic E-state index is 0.0212.